The van der Waals surface area contributed by atoms with Crippen LogP contribution in [0.4, 0.5) is 5.95 Å². The van der Waals surface area contributed by atoms with E-state index in [1.54, 1.807) is 24.3 Å². The van der Waals surface area contributed by atoms with E-state index >= 15 is 0 Å². The van der Waals surface area contributed by atoms with E-state index < -0.39 is 0 Å². The third-order valence-corrected chi connectivity index (χ3v) is 6.29. The first-order valence-electron chi connectivity index (χ1n) is 9.17. The molecular weight excluding hydrogens is 459 g/mol. The number of carbonyl (C=O) groups is 1. The summed E-state index contributed by atoms with van der Waals surface area (Å²) in [6.45, 7) is 0.546. The van der Waals surface area contributed by atoms with Crippen molar-refractivity contribution in [3.63, 3.8) is 0 Å². The standard InChI is InChI=1S/C21H14Cl2N4O3S/c22-11-2-3-12(14(23)6-11)18-13-7-17(31-20(13)27-21(24)26-18)19(28)25-8-10-1-4-15-16(5-10)30-9-29-15/h1-7H,8-9H2,(H,25,28)(H2,24,26,27). The minimum absolute atomic E-state index is 0.0997. The van der Waals surface area contributed by atoms with Crippen molar-refractivity contribution in [1.82, 2.24) is 15.3 Å². The van der Waals surface area contributed by atoms with E-state index in [9.17, 15) is 4.79 Å². The summed E-state index contributed by atoms with van der Waals surface area (Å²) in [4.78, 5) is 22.5. The minimum Gasteiger partial charge on any atom is -0.454 e. The predicted octanol–water partition coefficient (Wildman–Crippen LogP) is 4.91. The number of nitrogen functional groups attached to an aromatic ring is 1. The second kappa shape index (κ2) is 7.88. The number of fused-ring (bicyclic) bond motifs is 2. The van der Waals surface area contributed by atoms with Crippen LogP contribution in [0.3, 0.4) is 0 Å². The highest BCUT2D eigenvalue weighted by Crippen LogP contribution is 2.37. The van der Waals surface area contributed by atoms with Crippen LogP contribution in [-0.4, -0.2) is 22.7 Å². The fraction of sp³-hybridized carbons (Fsp3) is 0.0952. The molecule has 3 N–H and O–H groups in total. The van der Waals surface area contributed by atoms with Gasteiger partial charge in [0, 0.05) is 22.5 Å². The minimum atomic E-state index is -0.229. The van der Waals surface area contributed by atoms with E-state index in [0.717, 1.165) is 5.56 Å². The Hall–Kier alpha value is -3.07. The van der Waals surface area contributed by atoms with Gasteiger partial charge in [-0.1, -0.05) is 29.3 Å². The van der Waals surface area contributed by atoms with Gasteiger partial charge in [-0.25, -0.2) is 9.97 Å². The first-order chi connectivity index (χ1) is 15.0. The molecule has 2 aromatic heterocycles. The van der Waals surface area contributed by atoms with Crippen LogP contribution in [0.2, 0.25) is 10.0 Å². The molecule has 7 nitrogen and oxygen atoms in total. The molecule has 1 aliphatic heterocycles. The molecule has 156 valence electrons. The second-order valence-corrected chi connectivity index (χ2v) is 8.63. The lowest BCUT2D eigenvalue weighted by Gasteiger charge is -2.06. The van der Waals surface area contributed by atoms with E-state index in [4.69, 9.17) is 38.4 Å². The SMILES string of the molecule is Nc1nc(-c2ccc(Cl)cc2Cl)c2cc(C(=O)NCc3ccc4c(c3)OCO4)sc2n1. The first-order valence-corrected chi connectivity index (χ1v) is 10.7. The van der Waals surface area contributed by atoms with Crippen molar-refractivity contribution >= 4 is 56.6 Å². The lowest BCUT2D eigenvalue weighted by Crippen LogP contribution is -2.21. The molecule has 1 amide bonds. The van der Waals surface area contributed by atoms with Crippen LogP contribution in [0.1, 0.15) is 15.2 Å². The molecule has 0 atom stereocenters. The van der Waals surface area contributed by atoms with Gasteiger partial charge in [0.25, 0.3) is 5.91 Å². The molecular formula is C21H14Cl2N4O3S. The molecule has 1 aliphatic rings. The van der Waals surface area contributed by atoms with E-state index in [1.807, 2.05) is 18.2 Å². The second-order valence-electron chi connectivity index (χ2n) is 6.75. The van der Waals surface area contributed by atoms with Crippen molar-refractivity contribution in [2.45, 2.75) is 6.54 Å². The fourth-order valence-electron chi connectivity index (χ4n) is 3.26. The zero-order valence-corrected chi connectivity index (χ0v) is 18.1. The van der Waals surface area contributed by atoms with E-state index in [2.05, 4.69) is 15.3 Å². The lowest BCUT2D eigenvalue weighted by molar-refractivity contribution is 0.0955. The third-order valence-electron chi connectivity index (χ3n) is 4.71. The number of ether oxygens (including phenoxy) is 2. The normalized spacial score (nSPS) is 12.3. The van der Waals surface area contributed by atoms with Crippen molar-refractivity contribution in [1.29, 1.82) is 0 Å². The van der Waals surface area contributed by atoms with Gasteiger partial charge in [-0.2, -0.15) is 0 Å². The molecule has 0 radical (unpaired) electrons. The van der Waals surface area contributed by atoms with Gasteiger partial charge in [0.2, 0.25) is 12.7 Å². The van der Waals surface area contributed by atoms with Crippen molar-refractivity contribution in [2.75, 3.05) is 12.5 Å². The number of thiophene rings is 1. The quantitative estimate of drug-likeness (QED) is 0.437. The Balaban J connectivity index is 1.43. The Morgan fingerprint density at radius 2 is 1.94 bits per heavy atom. The summed E-state index contributed by atoms with van der Waals surface area (Å²) in [5, 5.41) is 4.56. The zero-order valence-electron chi connectivity index (χ0n) is 15.8. The maximum absolute atomic E-state index is 12.8. The van der Waals surface area contributed by atoms with Gasteiger partial charge in [0.15, 0.2) is 11.5 Å². The molecule has 0 bridgehead atoms. The number of hydrogen-bond donors (Lipinski definition) is 2. The number of anilines is 1. The molecule has 3 heterocycles. The highest BCUT2D eigenvalue weighted by Gasteiger charge is 2.18. The molecule has 5 rings (SSSR count). The number of amides is 1. The zero-order chi connectivity index (χ0) is 21.5. The van der Waals surface area contributed by atoms with Crippen molar-refractivity contribution in [3.8, 4) is 22.8 Å². The summed E-state index contributed by atoms with van der Waals surface area (Å²) < 4.78 is 10.7. The Morgan fingerprint density at radius 3 is 2.77 bits per heavy atom. The number of halogens is 2. The molecule has 0 saturated carbocycles. The number of rotatable bonds is 4. The van der Waals surface area contributed by atoms with Gasteiger partial charge in [0.05, 0.1) is 15.6 Å². The largest absolute Gasteiger partial charge is 0.454 e. The number of hydrogen-bond acceptors (Lipinski definition) is 7. The number of aromatic nitrogens is 2. The number of nitrogens with two attached hydrogens (primary N) is 1. The van der Waals surface area contributed by atoms with Crippen LogP contribution < -0.4 is 20.5 Å². The van der Waals surface area contributed by atoms with Crippen molar-refractivity contribution < 1.29 is 14.3 Å². The van der Waals surface area contributed by atoms with Gasteiger partial charge < -0.3 is 20.5 Å². The maximum atomic E-state index is 12.8. The Kier molecular flexibility index (Phi) is 5.05. The Morgan fingerprint density at radius 1 is 1.10 bits per heavy atom. The molecule has 2 aromatic carbocycles. The smallest absolute Gasteiger partial charge is 0.261 e. The summed E-state index contributed by atoms with van der Waals surface area (Å²) in [6, 6.07) is 12.4. The molecule has 31 heavy (non-hydrogen) atoms. The lowest BCUT2D eigenvalue weighted by atomic mass is 10.1. The van der Waals surface area contributed by atoms with Crippen LogP contribution in [0.5, 0.6) is 11.5 Å². The average molecular weight is 473 g/mol. The van der Waals surface area contributed by atoms with Gasteiger partial charge in [-0.3, -0.25) is 4.79 Å². The molecule has 0 spiro atoms. The van der Waals surface area contributed by atoms with Gasteiger partial charge >= 0.3 is 0 Å². The molecule has 0 unspecified atom stereocenters. The van der Waals surface area contributed by atoms with Crippen LogP contribution in [0.25, 0.3) is 21.5 Å². The number of nitrogens with one attached hydrogen (secondary N) is 1. The van der Waals surface area contributed by atoms with Gasteiger partial charge in [-0.15, -0.1) is 11.3 Å². The highest BCUT2D eigenvalue weighted by atomic mass is 35.5. The number of carbonyl (C=O) groups excluding carboxylic acids is 1. The summed E-state index contributed by atoms with van der Waals surface area (Å²) in [7, 11) is 0. The van der Waals surface area contributed by atoms with E-state index in [1.165, 1.54) is 11.3 Å². The van der Waals surface area contributed by atoms with E-state index in [0.29, 0.717) is 54.4 Å². The van der Waals surface area contributed by atoms with Crippen molar-refractivity contribution in [3.05, 3.63) is 63.0 Å². The van der Waals surface area contributed by atoms with Crippen molar-refractivity contribution in [2.24, 2.45) is 0 Å². The highest BCUT2D eigenvalue weighted by molar-refractivity contribution is 7.20. The summed E-state index contributed by atoms with van der Waals surface area (Å²) >= 11 is 13.6. The maximum Gasteiger partial charge on any atom is 0.261 e. The number of benzene rings is 2. The molecule has 0 saturated heterocycles. The summed E-state index contributed by atoms with van der Waals surface area (Å²) in [5.41, 5.74) is 8.01. The molecule has 0 aliphatic carbocycles. The van der Waals surface area contributed by atoms with Crippen LogP contribution >= 0.6 is 34.5 Å². The van der Waals surface area contributed by atoms with Crippen LogP contribution in [-0.2, 0) is 6.54 Å². The molecule has 0 fully saturated rings. The van der Waals surface area contributed by atoms with Crippen LogP contribution in [0.15, 0.2) is 42.5 Å². The summed E-state index contributed by atoms with van der Waals surface area (Å²) in [5.74, 6) is 1.24. The van der Waals surface area contributed by atoms with E-state index in [-0.39, 0.29) is 18.6 Å². The predicted molar refractivity (Wildman–Crippen MR) is 121 cm³/mol. The van der Waals surface area contributed by atoms with Crippen LogP contribution in [0, 0.1) is 0 Å². The topological polar surface area (TPSA) is 99.4 Å². The van der Waals surface area contributed by atoms with Gasteiger partial charge in [-0.05, 0) is 42.0 Å². The third kappa shape index (κ3) is 3.85. The van der Waals surface area contributed by atoms with Gasteiger partial charge in [0.1, 0.15) is 4.83 Å². The molecule has 10 heteroatoms. The Bertz CT molecular complexity index is 1340. The summed E-state index contributed by atoms with van der Waals surface area (Å²) in [6.07, 6.45) is 0. The first kappa shape index (κ1) is 19.9. The number of nitrogens with zero attached hydrogens (tertiary/aromatic N) is 2. The molecule has 4 aromatic rings. The monoisotopic (exact) mass is 472 g/mol. The average Bonchev–Trinajstić information content (AvgIpc) is 3.38. The fourth-order valence-corrected chi connectivity index (χ4v) is 4.71. The Labute approximate surface area is 190 Å².